The Morgan fingerprint density at radius 2 is 2.23 bits per heavy atom. The van der Waals surface area contributed by atoms with E-state index < -0.39 is 0 Å². The monoisotopic (exact) mass is 177 g/mol. The Morgan fingerprint density at radius 3 is 2.77 bits per heavy atom. The van der Waals surface area contributed by atoms with Gasteiger partial charge >= 0.3 is 0 Å². The number of ether oxygens (including phenoxy) is 1. The van der Waals surface area contributed by atoms with E-state index in [0.717, 1.165) is 17.2 Å². The fourth-order valence-electron chi connectivity index (χ4n) is 1.63. The zero-order valence-corrected chi connectivity index (χ0v) is 7.92. The third-order valence-electron chi connectivity index (χ3n) is 2.57. The van der Waals surface area contributed by atoms with Crippen LogP contribution >= 0.6 is 0 Å². The third-order valence-corrected chi connectivity index (χ3v) is 2.57. The second kappa shape index (κ2) is 3.38. The summed E-state index contributed by atoms with van der Waals surface area (Å²) in [6, 6.07) is 6.35. The SMILES string of the molecule is COc1ccc(C2CC2)cc1CN. The number of hydrogen-bond donors (Lipinski definition) is 1. The molecule has 1 aliphatic rings. The Labute approximate surface area is 78.7 Å². The highest BCUT2D eigenvalue weighted by molar-refractivity contribution is 5.39. The topological polar surface area (TPSA) is 35.2 Å². The first-order valence-corrected chi connectivity index (χ1v) is 4.72. The van der Waals surface area contributed by atoms with Crippen LogP contribution in [0.4, 0.5) is 0 Å². The van der Waals surface area contributed by atoms with Gasteiger partial charge in [0.2, 0.25) is 0 Å². The predicted octanol–water partition coefficient (Wildman–Crippen LogP) is 2.03. The van der Waals surface area contributed by atoms with Crippen molar-refractivity contribution < 1.29 is 4.74 Å². The normalized spacial score (nSPS) is 15.8. The first-order chi connectivity index (χ1) is 6.35. The van der Waals surface area contributed by atoms with Crippen LogP contribution in [0.1, 0.15) is 29.9 Å². The van der Waals surface area contributed by atoms with Gasteiger partial charge in [0.25, 0.3) is 0 Å². The fourth-order valence-corrected chi connectivity index (χ4v) is 1.63. The van der Waals surface area contributed by atoms with E-state index in [9.17, 15) is 0 Å². The summed E-state index contributed by atoms with van der Waals surface area (Å²) < 4.78 is 5.21. The fraction of sp³-hybridized carbons (Fsp3) is 0.455. The second-order valence-electron chi connectivity index (χ2n) is 3.55. The van der Waals surface area contributed by atoms with Crippen molar-refractivity contribution in [3.63, 3.8) is 0 Å². The van der Waals surface area contributed by atoms with Crippen LogP contribution in [-0.2, 0) is 6.54 Å². The minimum atomic E-state index is 0.559. The molecule has 0 aliphatic heterocycles. The summed E-state index contributed by atoms with van der Waals surface area (Å²) in [5, 5.41) is 0. The van der Waals surface area contributed by atoms with Gasteiger partial charge in [0.1, 0.15) is 5.75 Å². The van der Waals surface area contributed by atoms with Crippen molar-refractivity contribution >= 4 is 0 Å². The van der Waals surface area contributed by atoms with E-state index in [-0.39, 0.29) is 0 Å². The molecule has 2 nitrogen and oxygen atoms in total. The van der Waals surface area contributed by atoms with Gasteiger partial charge in [-0.3, -0.25) is 0 Å². The lowest BCUT2D eigenvalue weighted by atomic mass is 10.1. The molecular weight excluding hydrogens is 162 g/mol. The van der Waals surface area contributed by atoms with E-state index in [1.54, 1.807) is 7.11 Å². The van der Waals surface area contributed by atoms with Crippen molar-refractivity contribution in [2.75, 3.05) is 7.11 Å². The van der Waals surface area contributed by atoms with Crippen molar-refractivity contribution in [1.82, 2.24) is 0 Å². The molecule has 0 heterocycles. The van der Waals surface area contributed by atoms with Crippen molar-refractivity contribution in [3.05, 3.63) is 29.3 Å². The maximum Gasteiger partial charge on any atom is 0.123 e. The third kappa shape index (κ3) is 1.68. The first kappa shape index (κ1) is 8.57. The van der Waals surface area contributed by atoms with Crippen LogP contribution in [0.3, 0.4) is 0 Å². The maximum atomic E-state index is 5.64. The van der Waals surface area contributed by atoms with Gasteiger partial charge in [-0.05, 0) is 30.4 Å². The number of hydrogen-bond acceptors (Lipinski definition) is 2. The zero-order chi connectivity index (χ0) is 9.26. The van der Waals surface area contributed by atoms with Crippen LogP contribution in [0.15, 0.2) is 18.2 Å². The summed E-state index contributed by atoms with van der Waals surface area (Å²) in [5.41, 5.74) is 8.17. The molecule has 2 rings (SSSR count). The molecule has 0 bridgehead atoms. The smallest absolute Gasteiger partial charge is 0.123 e. The molecule has 1 fully saturated rings. The molecule has 0 radical (unpaired) electrons. The largest absolute Gasteiger partial charge is 0.496 e. The molecule has 0 amide bonds. The summed E-state index contributed by atoms with van der Waals surface area (Å²) in [7, 11) is 1.69. The van der Waals surface area contributed by atoms with Gasteiger partial charge in [-0.2, -0.15) is 0 Å². The number of nitrogens with two attached hydrogens (primary N) is 1. The molecule has 1 aromatic rings. The predicted molar refractivity (Wildman–Crippen MR) is 52.9 cm³/mol. The number of methoxy groups -OCH3 is 1. The summed E-state index contributed by atoms with van der Waals surface area (Å²) in [5.74, 6) is 1.70. The molecule has 1 saturated carbocycles. The summed E-state index contributed by atoms with van der Waals surface area (Å²) in [6.07, 6.45) is 2.66. The minimum Gasteiger partial charge on any atom is -0.496 e. The maximum absolute atomic E-state index is 5.64. The second-order valence-corrected chi connectivity index (χ2v) is 3.55. The number of rotatable bonds is 3. The Morgan fingerprint density at radius 1 is 1.46 bits per heavy atom. The van der Waals surface area contributed by atoms with Gasteiger partial charge in [0, 0.05) is 12.1 Å². The first-order valence-electron chi connectivity index (χ1n) is 4.72. The van der Waals surface area contributed by atoms with Crippen molar-refractivity contribution in [3.8, 4) is 5.75 Å². The highest BCUT2D eigenvalue weighted by Gasteiger charge is 2.23. The highest BCUT2D eigenvalue weighted by atomic mass is 16.5. The van der Waals surface area contributed by atoms with E-state index in [2.05, 4.69) is 12.1 Å². The Kier molecular flexibility index (Phi) is 2.23. The lowest BCUT2D eigenvalue weighted by Gasteiger charge is -2.08. The van der Waals surface area contributed by atoms with Gasteiger partial charge in [0.05, 0.1) is 7.11 Å². The van der Waals surface area contributed by atoms with Crippen LogP contribution in [0, 0.1) is 0 Å². The molecule has 0 saturated heterocycles. The molecule has 13 heavy (non-hydrogen) atoms. The summed E-state index contributed by atoms with van der Waals surface area (Å²) >= 11 is 0. The molecule has 1 aromatic carbocycles. The van der Waals surface area contributed by atoms with Gasteiger partial charge in [0.15, 0.2) is 0 Å². The molecular formula is C11H15NO. The highest BCUT2D eigenvalue weighted by Crippen LogP contribution is 2.41. The Bertz CT molecular complexity index is 305. The number of benzene rings is 1. The van der Waals surface area contributed by atoms with E-state index in [1.165, 1.54) is 18.4 Å². The van der Waals surface area contributed by atoms with Gasteiger partial charge in [-0.15, -0.1) is 0 Å². The molecule has 0 spiro atoms. The van der Waals surface area contributed by atoms with E-state index in [4.69, 9.17) is 10.5 Å². The van der Waals surface area contributed by atoms with Gasteiger partial charge in [-0.1, -0.05) is 12.1 Å². The lowest BCUT2D eigenvalue weighted by molar-refractivity contribution is 0.409. The van der Waals surface area contributed by atoms with Crippen LogP contribution in [-0.4, -0.2) is 7.11 Å². The molecule has 1 aliphatic carbocycles. The lowest BCUT2D eigenvalue weighted by Crippen LogP contribution is -2.00. The van der Waals surface area contributed by atoms with E-state index in [1.807, 2.05) is 6.07 Å². The average molecular weight is 177 g/mol. The molecule has 0 unspecified atom stereocenters. The molecule has 70 valence electrons. The summed E-state index contributed by atoms with van der Waals surface area (Å²) in [6.45, 7) is 0.559. The molecule has 0 atom stereocenters. The molecule has 2 N–H and O–H groups in total. The van der Waals surface area contributed by atoms with Crippen LogP contribution in [0.5, 0.6) is 5.75 Å². The van der Waals surface area contributed by atoms with E-state index in [0.29, 0.717) is 6.54 Å². The van der Waals surface area contributed by atoms with Crippen LogP contribution in [0.2, 0.25) is 0 Å². The van der Waals surface area contributed by atoms with Crippen molar-refractivity contribution in [1.29, 1.82) is 0 Å². The Hall–Kier alpha value is -1.02. The van der Waals surface area contributed by atoms with E-state index >= 15 is 0 Å². The Balaban J connectivity index is 2.31. The standard InChI is InChI=1S/C11H15NO/c1-13-11-5-4-9(8-2-3-8)6-10(11)7-12/h4-6,8H,2-3,7,12H2,1H3. The molecule has 0 aromatic heterocycles. The van der Waals surface area contributed by atoms with Gasteiger partial charge in [-0.25, -0.2) is 0 Å². The molecule has 2 heteroatoms. The van der Waals surface area contributed by atoms with Crippen LogP contribution < -0.4 is 10.5 Å². The minimum absolute atomic E-state index is 0.559. The zero-order valence-electron chi connectivity index (χ0n) is 7.92. The van der Waals surface area contributed by atoms with Crippen molar-refractivity contribution in [2.45, 2.75) is 25.3 Å². The van der Waals surface area contributed by atoms with Gasteiger partial charge < -0.3 is 10.5 Å². The summed E-state index contributed by atoms with van der Waals surface area (Å²) in [4.78, 5) is 0. The van der Waals surface area contributed by atoms with Crippen molar-refractivity contribution in [2.24, 2.45) is 5.73 Å². The quantitative estimate of drug-likeness (QED) is 0.766. The van der Waals surface area contributed by atoms with Crippen LogP contribution in [0.25, 0.3) is 0 Å². The average Bonchev–Trinajstić information content (AvgIpc) is 3.00.